The van der Waals surface area contributed by atoms with E-state index in [0.29, 0.717) is 12.8 Å². The maximum Gasteiger partial charge on any atom is 0.248 e. The Morgan fingerprint density at radius 1 is 0.375 bits per heavy atom. The van der Waals surface area contributed by atoms with Crippen molar-refractivity contribution >= 4 is 118 Å². The van der Waals surface area contributed by atoms with Gasteiger partial charge in [0.2, 0.25) is 118 Å². The van der Waals surface area contributed by atoms with Crippen LogP contribution < -0.4 is 102 Å². The van der Waals surface area contributed by atoms with E-state index in [-0.39, 0.29) is 56.4 Å². The van der Waals surface area contributed by atoms with Crippen LogP contribution in [0.1, 0.15) is 238 Å². The Hall–Kier alpha value is -10.6. The number of hydrogen-bond acceptors (Lipinski definition) is 21. The van der Waals surface area contributed by atoms with Crippen molar-refractivity contribution < 1.29 is 101 Å². The summed E-state index contributed by atoms with van der Waals surface area (Å²) in [5.41, 5.74) is -3.10. The van der Waals surface area contributed by atoms with Crippen LogP contribution in [-0.2, 0) is 95.9 Å². The zero-order valence-corrected chi connectivity index (χ0v) is 74.8. The fourth-order valence-corrected chi connectivity index (χ4v) is 12.2. The molecule has 0 spiro atoms. The van der Waals surface area contributed by atoms with E-state index in [0.717, 1.165) is 0 Å². The number of likely N-dealkylation sites (tertiary alicyclic amines) is 1. The maximum atomic E-state index is 14.4. The third-order valence-corrected chi connectivity index (χ3v) is 19.3. The molecule has 1 aliphatic heterocycles. The normalized spacial score (nSPS) is 15.2. The molecule has 1 fully saturated rings. The molecule has 0 aromatic carbocycles. The molecule has 41 nitrogen and oxygen atoms in total. The fourth-order valence-electron chi connectivity index (χ4n) is 12.2. The number of aliphatic hydroxyl groups excluding tert-OH is 1. The lowest BCUT2D eigenvalue weighted by atomic mass is 9.96. The molecule has 0 aliphatic carbocycles. The van der Waals surface area contributed by atoms with Crippen molar-refractivity contribution in [2.75, 3.05) is 26.2 Å². The van der Waals surface area contributed by atoms with Crippen molar-refractivity contribution in [3.05, 3.63) is 0 Å². The second-order valence-electron chi connectivity index (χ2n) is 36.6. The number of primary amides is 2. The predicted octanol–water partition coefficient (Wildman–Crippen LogP) is -3.88. The minimum Gasteiger partial charge on any atom is -0.394 e. The molecule has 0 radical (unpaired) electrons. The second-order valence-corrected chi connectivity index (χ2v) is 36.6. The van der Waals surface area contributed by atoms with E-state index >= 15 is 0 Å². The Morgan fingerprint density at radius 2 is 0.742 bits per heavy atom. The van der Waals surface area contributed by atoms with E-state index in [1.807, 2.05) is 13.8 Å². The van der Waals surface area contributed by atoms with Crippen LogP contribution >= 0.6 is 0 Å². The van der Waals surface area contributed by atoms with Gasteiger partial charge in [-0.2, -0.15) is 0 Å². The first-order valence-electron chi connectivity index (χ1n) is 40.3. The predicted molar refractivity (Wildman–Crippen MR) is 441 cm³/mol. The summed E-state index contributed by atoms with van der Waals surface area (Å²) in [6, 6.07) is -9.86. The Bertz CT molecular complexity index is 3770. The number of nitrogens with one attached hydrogen (secondary N) is 17. The Kier molecular flexibility index (Phi) is 40.4. The van der Waals surface area contributed by atoms with Crippen LogP contribution in [0.25, 0.3) is 0 Å². The highest BCUT2D eigenvalue weighted by molar-refractivity contribution is 6.04. The van der Waals surface area contributed by atoms with E-state index < -0.39 is 249 Å². The molecular weight excluding hydrogens is 1560 g/mol. The highest BCUT2D eigenvalue weighted by Gasteiger charge is 2.47. The molecule has 0 saturated carbocycles. The lowest BCUT2D eigenvalue weighted by molar-refractivity contribution is -0.146. The molecule has 1 heterocycles. The van der Waals surface area contributed by atoms with Crippen molar-refractivity contribution in [1.29, 1.82) is 0 Å². The number of amides is 20. The van der Waals surface area contributed by atoms with E-state index in [9.17, 15) is 101 Å². The van der Waals surface area contributed by atoms with Crippen LogP contribution in [0.2, 0.25) is 0 Å². The summed E-state index contributed by atoms with van der Waals surface area (Å²) in [4.78, 5) is 271. The van der Waals surface area contributed by atoms with Crippen molar-refractivity contribution in [3.8, 4) is 0 Å². The third kappa shape index (κ3) is 35.3. The lowest BCUT2D eigenvalue weighted by Gasteiger charge is -2.36. The summed E-state index contributed by atoms with van der Waals surface area (Å²) in [6.45, 7) is 36.3. The quantitative estimate of drug-likeness (QED) is 0.0277. The summed E-state index contributed by atoms with van der Waals surface area (Å²) in [6.07, 6.45) is -0.327. The molecule has 41 heteroatoms. The van der Waals surface area contributed by atoms with Gasteiger partial charge in [0.1, 0.15) is 86.6 Å². The maximum absolute atomic E-state index is 14.4. The first-order chi connectivity index (χ1) is 54.6. The molecule has 1 saturated heterocycles. The number of rotatable bonds is 48. The molecule has 0 aromatic rings. The number of nitrogens with zero attached hydrogens (tertiary/aromatic N) is 1. The monoisotopic (exact) mass is 1700 g/mol. The van der Waals surface area contributed by atoms with Crippen molar-refractivity contribution in [2.24, 2.45) is 35.1 Å². The summed E-state index contributed by atoms with van der Waals surface area (Å²) in [5.74, 6) is -17.3. The average Bonchev–Trinajstić information content (AvgIpc) is 1.49. The SMILES string of the molecule is CC(=O)NC(C)(C)C(=O)NCC(=O)NC(C)C(=O)NC(CC(C)C)C(=O)NC(C)(C)C(=O)NC(CCC(N)=O)C(=O)NC(C)(C)C(=O)NC(C(=O)NC(C)(C)C(=O)NCC(=O)NC(C)(C)C(=O)NC(C)(C)C(=O)N1CCCC1C(=O)NC(CC(C)C)C(=O)NC(C)(C)C(=O)NC(C)(C)C(=O)NC(CCC(N)=O)C(=O)NC(CO)CC(C)C)C(C)C. The number of hydrogen-bond donors (Lipinski definition) is 20. The first kappa shape index (κ1) is 107. The number of aliphatic hydroxyl groups is 1. The Balaban J connectivity index is 3.16. The van der Waals surface area contributed by atoms with Crippen LogP contribution in [0.15, 0.2) is 0 Å². The largest absolute Gasteiger partial charge is 0.394 e. The minimum atomic E-state index is -1.89. The summed E-state index contributed by atoms with van der Waals surface area (Å²) >= 11 is 0. The highest BCUT2D eigenvalue weighted by Crippen LogP contribution is 2.25. The minimum absolute atomic E-state index is 0.0408. The number of nitrogens with two attached hydrogens (primary N) is 2. The van der Waals surface area contributed by atoms with Gasteiger partial charge in [0, 0.05) is 26.3 Å². The molecule has 8 atom stereocenters. The van der Waals surface area contributed by atoms with Crippen molar-refractivity contribution in [2.45, 2.75) is 330 Å². The molecule has 1 rings (SSSR count). The van der Waals surface area contributed by atoms with Crippen molar-refractivity contribution in [1.82, 2.24) is 95.3 Å². The molecule has 0 bridgehead atoms. The highest BCUT2D eigenvalue weighted by atomic mass is 16.3. The zero-order chi connectivity index (χ0) is 93.3. The van der Waals surface area contributed by atoms with Gasteiger partial charge in [-0.15, -0.1) is 0 Å². The first-order valence-corrected chi connectivity index (χ1v) is 40.3. The van der Waals surface area contributed by atoms with E-state index in [1.54, 1.807) is 41.5 Å². The van der Waals surface area contributed by atoms with Crippen LogP contribution in [0.3, 0.4) is 0 Å². The van der Waals surface area contributed by atoms with E-state index in [2.05, 4.69) is 90.4 Å². The van der Waals surface area contributed by atoms with Gasteiger partial charge in [-0.1, -0.05) is 55.4 Å². The van der Waals surface area contributed by atoms with Gasteiger partial charge < -0.3 is 112 Å². The van der Waals surface area contributed by atoms with Crippen LogP contribution in [-0.4, -0.2) is 247 Å². The molecular formula is C79H138N20O21. The Morgan fingerprint density at radius 3 is 1.17 bits per heavy atom. The lowest BCUT2D eigenvalue weighted by Crippen LogP contribution is -2.66. The zero-order valence-electron chi connectivity index (χ0n) is 74.8. The topological polar surface area (TPSA) is 621 Å². The van der Waals surface area contributed by atoms with Gasteiger partial charge in [-0.25, -0.2) is 0 Å². The number of carbonyl (C=O) groups is 20. The Labute approximate surface area is 703 Å². The van der Waals surface area contributed by atoms with E-state index in [4.69, 9.17) is 11.5 Å². The third-order valence-electron chi connectivity index (χ3n) is 19.3. The van der Waals surface area contributed by atoms with Gasteiger partial charge in [0.25, 0.3) is 0 Å². The molecule has 20 amide bonds. The standard InChI is InChI=1S/C79H138N20O21/c1-40(2)34-46(39-100)85-58(107)47(29-31-52(80)102)88-67(116)76(19,20)97-70(119)78(23,24)95-61(110)50(36-42(5)6)87-62(111)51-28-27-33-99(51)71(120)79(25,26)98-69(118)77(21,22)92-55(105)38-83-65(114)73(13,14)96-63(112)56(43(7)8)90-68(117)75(17,18)93-59(108)48(30-32-53(81)103)89-66(115)74(15,16)94-60(109)49(35-41(3)4)86-57(106)44(9)84-54(104)37-82-64(113)72(11,12)91-45(10)101/h40-44,46-51,56,100H,27-39H2,1-26H3,(H2,80,102)(H2,81,103)(H,82,113)(H,83,114)(H,84,104)(H,85,107)(H,86,106)(H,87,111)(H,88,116)(H,89,115)(H,90,117)(H,91,101)(H,92,105)(H,93,108)(H,94,109)(H,95,110)(H,96,112)(H,97,119)(H,98,118). The second kappa shape index (κ2) is 45.1. The molecule has 22 N–H and O–H groups in total. The van der Waals surface area contributed by atoms with Crippen molar-refractivity contribution in [3.63, 3.8) is 0 Å². The molecule has 120 heavy (non-hydrogen) atoms. The summed E-state index contributed by atoms with van der Waals surface area (Å²) < 4.78 is 0. The van der Waals surface area contributed by atoms with Crippen LogP contribution in [0.4, 0.5) is 0 Å². The van der Waals surface area contributed by atoms with Gasteiger partial charge in [-0.3, -0.25) is 95.9 Å². The average molecular weight is 1700 g/mol. The smallest absolute Gasteiger partial charge is 0.248 e. The summed E-state index contributed by atoms with van der Waals surface area (Å²) in [7, 11) is 0. The van der Waals surface area contributed by atoms with Crippen LogP contribution in [0, 0.1) is 23.7 Å². The van der Waals surface area contributed by atoms with Gasteiger partial charge in [0.15, 0.2) is 0 Å². The van der Waals surface area contributed by atoms with Gasteiger partial charge in [0.05, 0.1) is 25.7 Å². The van der Waals surface area contributed by atoms with Crippen LogP contribution in [0.5, 0.6) is 0 Å². The number of carbonyl (C=O) groups excluding carboxylic acids is 20. The van der Waals surface area contributed by atoms with Gasteiger partial charge in [-0.05, 0) is 186 Å². The molecule has 680 valence electrons. The van der Waals surface area contributed by atoms with E-state index in [1.165, 1.54) is 130 Å². The molecule has 1 aliphatic rings. The molecule has 8 unspecified atom stereocenters. The molecule has 0 aromatic heterocycles. The fraction of sp³-hybridized carbons (Fsp3) is 0.747. The summed E-state index contributed by atoms with van der Waals surface area (Å²) in [5, 5.41) is 53.1. The van der Waals surface area contributed by atoms with Gasteiger partial charge >= 0.3 is 0 Å².